The lowest BCUT2D eigenvalue weighted by Crippen LogP contribution is -2.12. The summed E-state index contributed by atoms with van der Waals surface area (Å²) in [6, 6.07) is 4.28. The Balaban J connectivity index is 1.57. The van der Waals surface area contributed by atoms with Crippen molar-refractivity contribution in [3.05, 3.63) is 34.9 Å². The average Bonchev–Trinajstić information content (AvgIpc) is 3.14. The van der Waals surface area contributed by atoms with Gasteiger partial charge in [-0.15, -0.1) is 5.10 Å². The summed E-state index contributed by atoms with van der Waals surface area (Å²) in [5.41, 5.74) is 0. The third-order valence-electron chi connectivity index (χ3n) is 2.96. The molecule has 1 saturated carbocycles. The first-order valence-electron chi connectivity index (χ1n) is 6.08. The van der Waals surface area contributed by atoms with Gasteiger partial charge in [0.15, 0.2) is 5.82 Å². The molecule has 0 amide bonds. The normalized spacial score (nSPS) is 14.6. The average molecular weight is 283 g/mol. The molecule has 1 aliphatic carbocycles. The maximum absolute atomic E-state index is 13.0. The van der Waals surface area contributed by atoms with E-state index in [1.807, 2.05) is 0 Å². The monoisotopic (exact) mass is 282 g/mol. The summed E-state index contributed by atoms with van der Waals surface area (Å²) < 4.78 is 20.2. The zero-order valence-electron chi connectivity index (χ0n) is 10.1. The fourth-order valence-corrected chi connectivity index (χ4v) is 1.99. The van der Waals surface area contributed by atoms with Gasteiger partial charge in [-0.05, 0) is 35.4 Å². The molecular formula is C12H12ClFN4O. The van der Waals surface area contributed by atoms with E-state index in [-0.39, 0.29) is 5.02 Å². The smallest absolute Gasteiger partial charge is 0.154 e. The van der Waals surface area contributed by atoms with E-state index in [4.69, 9.17) is 16.3 Å². The van der Waals surface area contributed by atoms with Gasteiger partial charge in [0.25, 0.3) is 0 Å². The molecule has 1 aromatic carbocycles. The van der Waals surface area contributed by atoms with Gasteiger partial charge in [0, 0.05) is 12.0 Å². The number of ether oxygens (including phenoxy) is 1. The molecule has 7 heteroatoms. The molecule has 1 fully saturated rings. The van der Waals surface area contributed by atoms with Crippen LogP contribution in [0, 0.1) is 5.82 Å². The summed E-state index contributed by atoms with van der Waals surface area (Å²) in [7, 11) is 0. The summed E-state index contributed by atoms with van der Waals surface area (Å²) in [6.07, 6.45) is 2.30. The van der Waals surface area contributed by atoms with E-state index in [1.165, 1.54) is 12.1 Å². The lowest BCUT2D eigenvalue weighted by Gasteiger charge is -2.07. The van der Waals surface area contributed by atoms with Gasteiger partial charge < -0.3 is 4.74 Å². The predicted molar refractivity (Wildman–Crippen MR) is 66.7 cm³/mol. The Labute approximate surface area is 114 Å². The fraction of sp³-hybridized carbons (Fsp3) is 0.417. The van der Waals surface area contributed by atoms with Crippen LogP contribution in [0.2, 0.25) is 5.02 Å². The van der Waals surface area contributed by atoms with Crippen LogP contribution in [0.5, 0.6) is 5.75 Å². The van der Waals surface area contributed by atoms with E-state index >= 15 is 0 Å². The van der Waals surface area contributed by atoms with Crippen molar-refractivity contribution in [1.29, 1.82) is 0 Å². The molecule has 1 heterocycles. The SMILES string of the molecule is Fc1ccc(OCCn2nnnc2C2CC2)cc1Cl. The zero-order chi connectivity index (χ0) is 13.2. The molecule has 0 N–H and O–H groups in total. The summed E-state index contributed by atoms with van der Waals surface area (Å²) in [5.74, 6) is 1.49. The van der Waals surface area contributed by atoms with Crippen molar-refractivity contribution in [3.8, 4) is 5.75 Å². The molecule has 0 aliphatic heterocycles. The van der Waals surface area contributed by atoms with Crippen LogP contribution in [0.3, 0.4) is 0 Å². The number of hydrogen-bond donors (Lipinski definition) is 0. The number of halogens is 2. The molecular weight excluding hydrogens is 271 g/mol. The first-order chi connectivity index (χ1) is 9.24. The highest BCUT2D eigenvalue weighted by molar-refractivity contribution is 6.30. The van der Waals surface area contributed by atoms with Gasteiger partial charge in [0.1, 0.15) is 18.2 Å². The highest BCUT2D eigenvalue weighted by Gasteiger charge is 2.29. The number of rotatable bonds is 5. The van der Waals surface area contributed by atoms with Gasteiger partial charge in [-0.3, -0.25) is 0 Å². The van der Waals surface area contributed by atoms with E-state index in [2.05, 4.69) is 15.5 Å². The lowest BCUT2D eigenvalue weighted by atomic mass is 10.3. The number of benzene rings is 1. The van der Waals surface area contributed by atoms with Crippen molar-refractivity contribution < 1.29 is 9.13 Å². The fourth-order valence-electron chi connectivity index (χ4n) is 1.82. The summed E-state index contributed by atoms with van der Waals surface area (Å²) in [5, 5.41) is 11.7. The molecule has 3 rings (SSSR count). The Morgan fingerprint density at radius 1 is 1.42 bits per heavy atom. The molecule has 0 saturated heterocycles. The van der Waals surface area contributed by atoms with Gasteiger partial charge >= 0.3 is 0 Å². The lowest BCUT2D eigenvalue weighted by molar-refractivity contribution is 0.287. The molecule has 0 bridgehead atoms. The quantitative estimate of drug-likeness (QED) is 0.845. The molecule has 0 radical (unpaired) electrons. The van der Waals surface area contributed by atoms with E-state index in [0.29, 0.717) is 24.8 Å². The Morgan fingerprint density at radius 2 is 2.26 bits per heavy atom. The molecule has 1 aromatic heterocycles. The third-order valence-corrected chi connectivity index (χ3v) is 3.25. The first-order valence-corrected chi connectivity index (χ1v) is 6.46. The second-order valence-corrected chi connectivity index (χ2v) is 4.87. The second kappa shape index (κ2) is 5.13. The largest absolute Gasteiger partial charge is 0.492 e. The van der Waals surface area contributed by atoms with Crippen LogP contribution in [0.4, 0.5) is 4.39 Å². The molecule has 1 aliphatic rings. The van der Waals surface area contributed by atoms with Gasteiger partial charge in [-0.25, -0.2) is 9.07 Å². The van der Waals surface area contributed by atoms with E-state index < -0.39 is 5.82 Å². The van der Waals surface area contributed by atoms with Crippen LogP contribution in [0.15, 0.2) is 18.2 Å². The number of hydrogen-bond acceptors (Lipinski definition) is 4. The minimum atomic E-state index is -0.453. The van der Waals surface area contributed by atoms with E-state index in [1.54, 1.807) is 10.7 Å². The van der Waals surface area contributed by atoms with Crippen molar-refractivity contribution in [1.82, 2.24) is 20.2 Å². The predicted octanol–water partition coefficient (Wildman–Crippen LogP) is 2.42. The molecule has 5 nitrogen and oxygen atoms in total. The van der Waals surface area contributed by atoms with Gasteiger partial charge in [-0.1, -0.05) is 11.6 Å². The van der Waals surface area contributed by atoms with Crippen LogP contribution < -0.4 is 4.74 Å². The van der Waals surface area contributed by atoms with Crippen LogP contribution >= 0.6 is 11.6 Å². The zero-order valence-corrected chi connectivity index (χ0v) is 10.8. The molecule has 0 unspecified atom stereocenters. The summed E-state index contributed by atoms with van der Waals surface area (Å²) in [6.45, 7) is 0.973. The van der Waals surface area contributed by atoms with Crippen molar-refractivity contribution in [2.45, 2.75) is 25.3 Å². The Kier molecular flexibility index (Phi) is 3.33. The molecule has 0 spiro atoms. The molecule has 0 atom stereocenters. The van der Waals surface area contributed by atoms with Gasteiger partial charge in [-0.2, -0.15) is 0 Å². The summed E-state index contributed by atoms with van der Waals surface area (Å²) >= 11 is 5.67. The van der Waals surface area contributed by atoms with Crippen LogP contribution in [-0.2, 0) is 6.54 Å². The maximum atomic E-state index is 13.0. The molecule has 19 heavy (non-hydrogen) atoms. The maximum Gasteiger partial charge on any atom is 0.154 e. The molecule has 100 valence electrons. The van der Waals surface area contributed by atoms with Crippen LogP contribution in [0.25, 0.3) is 0 Å². The Hall–Kier alpha value is -1.69. The van der Waals surface area contributed by atoms with E-state index in [9.17, 15) is 4.39 Å². The highest BCUT2D eigenvalue weighted by atomic mass is 35.5. The summed E-state index contributed by atoms with van der Waals surface area (Å²) in [4.78, 5) is 0. The number of tetrazole rings is 1. The van der Waals surface area contributed by atoms with Gasteiger partial charge in [0.05, 0.1) is 11.6 Å². The van der Waals surface area contributed by atoms with Crippen molar-refractivity contribution in [2.75, 3.05) is 6.61 Å². The first kappa shape index (κ1) is 12.3. The Bertz CT molecular complexity index is 585. The van der Waals surface area contributed by atoms with Crippen LogP contribution in [0.1, 0.15) is 24.6 Å². The third kappa shape index (κ3) is 2.84. The van der Waals surface area contributed by atoms with Crippen molar-refractivity contribution in [2.24, 2.45) is 0 Å². The minimum absolute atomic E-state index is 0.0543. The standard InChI is InChI=1S/C12H12ClFN4O/c13-10-7-9(3-4-11(10)14)19-6-5-18-12(8-1-2-8)15-16-17-18/h3-4,7-8H,1-2,5-6H2. The highest BCUT2D eigenvalue weighted by Crippen LogP contribution is 2.38. The van der Waals surface area contributed by atoms with Crippen LogP contribution in [-0.4, -0.2) is 26.8 Å². The van der Waals surface area contributed by atoms with E-state index in [0.717, 1.165) is 18.7 Å². The minimum Gasteiger partial charge on any atom is -0.492 e. The second-order valence-electron chi connectivity index (χ2n) is 4.46. The van der Waals surface area contributed by atoms with Crippen molar-refractivity contribution >= 4 is 11.6 Å². The van der Waals surface area contributed by atoms with Crippen molar-refractivity contribution in [3.63, 3.8) is 0 Å². The Morgan fingerprint density at radius 3 is 3.00 bits per heavy atom. The number of aromatic nitrogens is 4. The topological polar surface area (TPSA) is 52.8 Å². The molecule has 2 aromatic rings. The number of nitrogens with zero attached hydrogens (tertiary/aromatic N) is 4. The van der Waals surface area contributed by atoms with Gasteiger partial charge in [0.2, 0.25) is 0 Å².